The molecule has 2 rings (SSSR count). The van der Waals surface area contributed by atoms with E-state index in [1.807, 2.05) is 19.1 Å². The topological polar surface area (TPSA) is 89.3 Å². The fourth-order valence-corrected chi connectivity index (χ4v) is 2.24. The highest BCUT2D eigenvalue weighted by atomic mass is 16.2. The molecule has 0 aromatic carbocycles. The number of rotatable bonds is 3. The van der Waals surface area contributed by atoms with Crippen LogP contribution < -0.4 is 5.32 Å². The summed E-state index contributed by atoms with van der Waals surface area (Å²) >= 11 is 0. The predicted molar refractivity (Wildman–Crippen MR) is 85.1 cm³/mol. The third-order valence-electron chi connectivity index (χ3n) is 3.64. The van der Waals surface area contributed by atoms with E-state index in [0.29, 0.717) is 32.0 Å². The number of piperazine rings is 1. The SMILES string of the molecule is CC(=O)N1CCN(C(=O)/C(C#N)=C\Nc2ccc(C)cn2)CC1. The number of aromatic nitrogens is 1. The van der Waals surface area contributed by atoms with Crippen molar-refractivity contribution in [2.24, 2.45) is 0 Å². The van der Waals surface area contributed by atoms with Crippen molar-refractivity contribution in [3.05, 3.63) is 35.7 Å². The number of anilines is 1. The van der Waals surface area contributed by atoms with Crippen molar-refractivity contribution in [1.82, 2.24) is 14.8 Å². The van der Waals surface area contributed by atoms with Crippen LogP contribution in [0.1, 0.15) is 12.5 Å². The van der Waals surface area contributed by atoms with Gasteiger partial charge in [0.15, 0.2) is 0 Å². The van der Waals surface area contributed by atoms with Gasteiger partial charge in [-0.3, -0.25) is 9.59 Å². The van der Waals surface area contributed by atoms with Crippen LogP contribution in [0.25, 0.3) is 0 Å². The molecule has 1 aliphatic heterocycles. The molecule has 1 aromatic rings. The van der Waals surface area contributed by atoms with Crippen LogP contribution in [0.15, 0.2) is 30.1 Å². The van der Waals surface area contributed by atoms with E-state index in [9.17, 15) is 14.9 Å². The largest absolute Gasteiger partial charge is 0.345 e. The zero-order valence-corrected chi connectivity index (χ0v) is 13.2. The lowest BCUT2D eigenvalue weighted by atomic mass is 10.2. The van der Waals surface area contributed by atoms with Crippen LogP contribution in [-0.2, 0) is 9.59 Å². The van der Waals surface area contributed by atoms with Gasteiger partial charge in [0.05, 0.1) is 0 Å². The molecule has 0 unspecified atom stereocenters. The number of nitrogens with zero attached hydrogens (tertiary/aromatic N) is 4. The van der Waals surface area contributed by atoms with E-state index in [4.69, 9.17) is 0 Å². The van der Waals surface area contributed by atoms with E-state index in [0.717, 1.165) is 5.56 Å². The summed E-state index contributed by atoms with van der Waals surface area (Å²) in [5.41, 5.74) is 1.04. The van der Waals surface area contributed by atoms with Crippen molar-refractivity contribution < 1.29 is 9.59 Å². The molecule has 0 atom stereocenters. The number of aryl methyl sites for hydroxylation is 1. The van der Waals surface area contributed by atoms with Gasteiger partial charge in [0.1, 0.15) is 17.5 Å². The molecule has 7 heteroatoms. The number of carbonyl (C=O) groups excluding carboxylic acids is 2. The van der Waals surface area contributed by atoms with Crippen LogP contribution >= 0.6 is 0 Å². The fraction of sp³-hybridized carbons (Fsp3) is 0.375. The van der Waals surface area contributed by atoms with E-state index in [2.05, 4.69) is 10.3 Å². The summed E-state index contributed by atoms with van der Waals surface area (Å²) in [5.74, 6) is 0.230. The summed E-state index contributed by atoms with van der Waals surface area (Å²) < 4.78 is 0. The van der Waals surface area contributed by atoms with Gasteiger partial charge >= 0.3 is 0 Å². The molecule has 1 N–H and O–H groups in total. The predicted octanol–water partition coefficient (Wildman–Crippen LogP) is 0.900. The molecule has 1 saturated heterocycles. The highest BCUT2D eigenvalue weighted by Gasteiger charge is 2.24. The second-order valence-corrected chi connectivity index (χ2v) is 5.33. The minimum Gasteiger partial charge on any atom is -0.345 e. The van der Waals surface area contributed by atoms with Crippen molar-refractivity contribution >= 4 is 17.6 Å². The van der Waals surface area contributed by atoms with Gasteiger partial charge in [-0.05, 0) is 18.6 Å². The first-order valence-corrected chi connectivity index (χ1v) is 7.35. The number of hydrogen-bond donors (Lipinski definition) is 1. The minimum atomic E-state index is -0.338. The van der Waals surface area contributed by atoms with Crippen LogP contribution in [0.2, 0.25) is 0 Å². The van der Waals surface area contributed by atoms with E-state index in [-0.39, 0.29) is 17.4 Å². The molecule has 0 saturated carbocycles. The molecule has 2 amide bonds. The van der Waals surface area contributed by atoms with E-state index in [1.54, 1.807) is 22.1 Å². The van der Waals surface area contributed by atoms with Gasteiger partial charge in [-0.15, -0.1) is 0 Å². The van der Waals surface area contributed by atoms with Gasteiger partial charge in [-0.2, -0.15) is 5.26 Å². The number of nitriles is 1. The Morgan fingerprint density at radius 2 is 1.91 bits per heavy atom. The smallest absolute Gasteiger partial charge is 0.266 e. The van der Waals surface area contributed by atoms with Gasteiger partial charge in [0.2, 0.25) is 5.91 Å². The summed E-state index contributed by atoms with van der Waals surface area (Å²) in [5, 5.41) is 12.1. The maximum Gasteiger partial charge on any atom is 0.266 e. The highest BCUT2D eigenvalue weighted by molar-refractivity contribution is 5.97. The maximum atomic E-state index is 12.4. The molecular weight excluding hydrogens is 294 g/mol. The zero-order valence-electron chi connectivity index (χ0n) is 13.2. The Balaban J connectivity index is 1.99. The minimum absolute atomic E-state index is 0.000241. The summed E-state index contributed by atoms with van der Waals surface area (Å²) in [4.78, 5) is 31.1. The molecule has 2 heterocycles. The van der Waals surface area contributed by atoms with Crippen molar-refractivity contribution in [3.8, 4) is 6.07 Å². The van der Waals surface area contributed by atoms with Gasteiger partial charge < -0.3 is 15.1 Å². The van der Waals surface area contributed by atoms with Crippen LogP contribution in [0.4, 0.5) is 5.82 Å². The maximum absolute atomic E-state index is 12.4. The molecular formula is C16H19N5O2. The first-order valence-electron chi connectivity index (χ1n) is 7.35. The molecule has 23 heavy (non-hydrogen) atoms. The van der Waals surface area contributed by atoms with Gasteiger partial charge in [-0.25, -0.2) is 4.98 Å². The third kappa shape index (κ3) is 4.30. The average Bonchev–Trinajstić information content (AvgIpc) is 2.57. The lowest BCUT2D eigenvalue weighted by Gasteiger charge is -2.34. The quantitative estimate of drug-likeness (QED) is 0.661. The van der Waals surface area contributed by atoms with Gasteiger partial charge in [0, 0.05) is 45.5 Å². The Bertz CT molecular complexity index is 652. The third-order valence-corrected chi connectivity index (χ3v) is 3.64. The second-order valence-electron chi connectivity index (χ2n) is 5.33. The molecule has 1 fully saturated rings. The molecule has 0 spiro atoms. The van der Waals surface area contributed by atoms with Crippen molar-refractivity contribution in [3.63, 3.8) is 0 Å². The van der Waals surface area contributed by atoms with Gasteiger partial charge in [-0.1, -0.05) is 6.07 Å². The first kappa shape index (κ1) is 16.5. The second kappa shape index (κ2) is 7.40. The van der Waals surface area contributed by atoms with Crippen molar-refractivity contribution in [1.29, 1.82) is 5.26 Å². The van der Waals surface area contributed by atoms with Crippen LogP contribution in [-0.4, -0.2) is 52.8 Å². The van der Waals surface area contributed by atoms with Crippen LogP contribution in [0.5, 0.6) is 0 Å². The zero-order chi connectivity index (χ0) is 16.8. The molecule has 7 nitrogen and oxygen atoms in total. The molecule has 1 aromatic heterocycles. The Morgan fingerprint density at radius 3 is 2.43 bits per heavy atom. The summed E-state index contributed by atoms with van der Waals surface area (Å²) in [6.07, 6.45) is 3.07. The Hall–Kier alpha value is -2.88. The number of carbonyl (C=O) groups is 2. The Morgan fingerprint density at radius 1 is 1.26 bits per heavy atom. The molecule has 0 aliphatic carbocycles. The lowest BCUT2D eigenvalue weighted by molar-refractivity contribution is -0.136. The number of hydrogen-bond acceptors (Lipinski definition) is 5. The standard InChI is InChI=1S/C16H19N5O2/c1-12-3-4-15(18-10-12)19-11-14(9-17)16(23)21-7-5-20(6-8-21)13(2)22/h3-4,10-11H,5-8H2,1-2H3,(H,18,19)/b14-11-. The first-order chi connectivity index (χ1) is 11.0. The molecule has 0 radical (unpaired) electrons. The number of amides is 2. The van der Waals surface area contributed by atoms with Crippen molar-refractivity contribution in [2.45, 2.75) is 13.8 Å². The van der Waals surface area contributed by atoms with Crippen LogP contribution in [0.3, 0.4) is 0 Å². The highest BCUT2D eigenvalue weighted by Crippen LogP contribution is 2.09. The van der Waals surface area contributed by atoms with Gasteiger partial charge in [0.25, 0.3) is 5.91 Å². The monoisotopic (exact) mass is 313 g/mol. The Labute approximate surface area is 135 Å². The van der Waals surface area contributed by atoms with Crippen molar-refractivity contribution in [2.75, 3.05) is 31.5 Å². The molecule has 1 aliphatic rings. The van der Waals surface area contributed by atoms with Crippen LogP contribution in [0, 0.1) is 18.3 Å². The Kier molecular flexibility index (Phi) is 5.31. The summed E-state index contributed by atoms with van der Waals surface area (Å²) in [7, 11) is 0. The lowest BCUT2D eigenvalue weighted by Crippen LogP contribution is -2.50. The normalized spacial score (nSPS) is 15.1. The molecule has 120 valence electrons. The number of pyridine rings is 1. The van der Waals surface area contributed by atoms with E-state index in [1.165, 1.54) is 13.1 Å². The van der Waals surface area contributed by atoms with E-state index >= 15 is 0 Å². The summed E-state index contributed by atoms with van der Waals surface area (Å²) in [6.45, 7) is 5.29. The number of nitrogens with one attached hydrogen (secondary N) is 1. The molecule has 0 bridgehead atoms. The average molecular weight is 313 g/mol. The van der Waals surface area contributed by atoms with E-state index < -0.39 is 0 Å². The summed E-state index contributed by atoms with van der Waals surface area (Å²) in [6, 6.07) is 5.58. The fourth-order valence-electron chi connectivity index (χ4n) is 2.24.